The molecule has 1 saturated carbocycles. The Kier molecular flexibility index (Phi) is 5.67. The standard InChI is InChI=1S/C23H27FO/c1-3-4-17-5-7-19(8-6-17)21-13-14-22(23(24)15-21)20-11-9-18(10-12-20)16(2)25/h9-15,17,19H,3-8H2,1-2H3. The normalized spacial score (nSPS) is 20.4. The molecule has 0 radical (unpaired) electrons. The van der Waals surface area contributed by atoms with Gasteiger partial charge in [0.15, 0.2) is 5.78 Å². The summed E-state index contributed by atoms with van der Waals surface area (Å²) in [5.41, 5.74) is 3.22. The Hall–Kier alpha value is -1.96. The molecule has 0 aromatic heterocycles. The van der Waals surface area contributed by atoms with Crippen molar-refractivity contribution < 1.29 is 9.18 Å². The zero-order chi connectivity index (χ0) is 17.8. The van der Waals surface area contributed by atoms with E-state index in [9.17, 15) is 9.18 Å². The number of carbonyl (C=O) groups excluding carboxylic acids is 1. The third-order valence-corrected chi connectivity index (χ3v) is 5.61. The molecular weight excluding hydrogens is 311 g/mol. The molecule has 0 amide bonds. The molecule has 0 spiro atoms. The van der Waals surface area contributed by atoms with Crippen LogP contribution in [0.25, 0.3) is 11.1 Å². The number of benzene rings is 2. The predicted molar refractivity (Wildman–Crippen MR) is 101 cm³/mol. The van der Waals surface area contributed by atoms with E-state index in [-0.39, 0.29) is 11.6 Å². The first-order chi connectivity index (χ1) is 12.1. The highest BCUT2D eigenvalue weighted by atomic mass is 19.1. The number of hydrogen-bond acceptors (Lipinski definition) is 1. The van der Waals surface area contributed by atoms with E-state index in [2.05, 4.69) is 13.0 Å². The van der Waals surface area contributed by atoms with Crippen LogP contribution in [0.1, 0.15) is 74.2 Å². The van der Waals surface area contributed by atoms with Gasteiger partial charge in [0.1, 0.15) is 5.82 Å². The van der Waals surface area contributed by atoms with Crippen LogP contribution in [0.15, 0.2) is 42.5 Å². The summed E-state index contributed by atoms with van der Waals surface area (Å²) in [6, 6.07) is 12.9. The van der Waals surface area contributed by atoms with E-state index in [1.54, 1.807) is 25.1 Å². The van der Waals surface area contributed by atoms with Gasteiger partial charge < -0.3 is 0 Å². The van der Waals surface area contributed by atoms with E-state index in [1.165, 1.54) is 38.5 Å². The van der Waals surface area contributed by atoms with Crippen LogP contribution in [0.3, 0.4) is 0 Å². The van der Waals surface area contributed by atoms with E-state index >= 15 is 0 Å². The maximum atomic E-state index is 14.7. The van der Waals surface area contributed by atoms with E-state index in [1.807, 2.05) is 18.2 Å². The van der Waals surface area contributed by atoms with Gasteiger partial charge in [-0.25, -0.2) is 4.39 Å². The lowest BCUT2D eigenvalue weighted by Crippen LogP contribution is -2.13. The van der Waals surface area contributed by atoms with Crippen molar-refractivity contribution in [1.29, 1.82) is 0 Å². The second kappa shape index (κ2) is 7.95. The quantitative estimate of drug-likeness (QED) is 0.550. The van der Waals surface area contributed by atoms with E-state index in [0.29, 0.717) is 17.0 Å². The van der Waals surface area contributed by atoms with Crippen LogP contribution in [-0.2, 0) is 0 Å². The molecule has 0 aliphatic heterocycles. The fraction of sp³-hybridized carbons (Fsp3) is 0.435. The monoisotopic (exact) mass is 338 g/mol. The summed E-state index contributed by atoms with van der Waals surface area (Å²) in [7, 11) is 0. The summed E-state index contributed by atoms with van der Waals surface area (Å²) in [4.78, 5) is 11.4. The van der Waals surface area contributed by atoms with Gasteiger partial charge in [-0.15, -0.1) is 0 Å². The topological polar surface area (TPSA) is 17.1 Å². The lowest BCUT2D eigenvalue weighted by atomic mass is 9.77. The Balaban J connectivity index is 1.74. The maximum Gasteiger partial charge on any atom is 0.159 e. The molecule has 2 aromatic rings. The van der Waals surface area contributed by atoms with Gasteiger partial charge in [0.25, 0.3) is 0 Å². The first-order valence-corrected chi connectivity index (χ1v) is 9.49. The molecule has 0 heterocycles. The SMILES string of the molecule is CCCC1CCC(c2ccc(-c3ccc(C(C)=O)cc3)c(F)c2)CC1. The fourth-order valence-electron chi connectivity index (χ4n) is 4.10. The third kappa shape index (κ3) is 4.18. The molecule has 25 heavy (non-hydrogen) atoms. The first-order valence-electron chi connectivity index (χ1n) is 9.49. The zero-order valence-corrected chi connectivity index (χ0v) is 15.2. The van der Waals surface area contributed by atoms with Crippen molar-refractivity contribution in [2.24, 2.45) is 5.92 Å². The van der Waals surface area contributed by atoms with E-state index < -0.39 is 0 Å². The Morgan fingerprint density at radius 3 is 2.28 bits per heavy atom. The van der Waals surface area contributed by atoms with Crippen LogP contribution < -0.4 is 0 Å². The summed E-state index contributed by atoms with van der Waals surface area (Å²) in [5, 5.41) is 0. The highest BCUT2D eigenvalue weighted by molar-refractivity contribution is 5.94. The van der Waals surface area contributed by atoms with E-state index in [0.717, 1.165) is 17.0 Å². The molecule has 1 aliphatic carbocycles. The second-order valence-corrected chi connectivity index (χ2v) is 7.38. The molecule has 0 saturated heterocycles. The highest BCUT2D eigenvalue weighted by Gasteiger charge is 2.22. The highest BCUT2D eigenvalue weighted by Crippen LogP contribution is 2.38. The molecule has 1 nitrogen and oxygen atoms in total. The molecule has 0 bridgehead atoms. The van der Waals surface area contributed by atoms with Crippen LogP contribution in [-0.4, -0.2) is 5.78 Å². The average molecular weight is 338 g/mol. The first kappa shape index (κ1) is 17.8. The largest absolute Gasteiger partial charge is 0.295 e. The molecule has 0 unspecified atom stereocenters. The fourth-order valence-corrected chi connectivity index (χ4v) is 4.10. The Labute approximate surface area is 150 Å². The summed E-state index contributed by atoms with van der Waals surface area (Å²) < 4.78 is 14.7. The maximum absolute atomic E-state index is 14.7. The summed E-state index contributed by atoms with van der Waals surface area (Å²) in [6.45, 7) is 3.79. The van der Waals surface area contributed by atoms with Crippen molar-refractivity contribution in [3.05, 3.63) is 59.4 Å². The lowest BCUT2D eigenvalue weighted by Gasteiger charge is -2.28. The lowest BCUT2D eigenvalue weighted by molar-refractivity contribution is 0.101. The van der Waals surface area contributed by atoms with Gasteiger partial charge in [0.2, 0.25) is 0 Å². The van der Waals surface area contributed by atoms with Gasteiger partial charge >= 0.3 is 0 Å². The van der Waals surface area contributed by atoms with Crippen LogP contribution >= 0.6 is 0 Å². The second-order valence-electron chi connectivity index (χ2n) is 7.38. The summed E-state index contributed by atoms with van der Waals surface area (Å²) >= 11 is 0. The number of carbonyl (C=O) groups is 1. The molecule has 1 fully saturated rings. The smallest absolute Gasteiger partial charge is 0.159 e. The van der Waals surface area contributed by atoms with Gasteiger partial charge in [-0.3, -0.25) is 4.79 Å². The van der Waals surface area contributed by atoms with Gasteiger partial charge in [-0.05, 0) is 61.6 Å². The van der Waals surface area contributed by atoms with Crippen LogP contribution in [0.5, 0.6) is 0 Å². The van der Waals surface area contributed by atoms with E-state index in [4.69, 9.17) is 0 Å². The number of halogens is 1. The van der Waals surface area contributed by atoms with Crippen LogP contribution in [0.4, 0.5) is 4.39 Å². The molecule has 0 atom stereocenters. The van der Waals surface area contributed by atoms with Crippen LogP contribution in [0, 0.1) is 11.7 Å². The number of ketones is 1. The number of hydrogen-bond donors (Lipinski definition) is 0. The average Bonchev–Trinajstić information content (AvgIpc) is 2.63. The Bertz CT molecular complexity index is 724. The Morgan fingerprint density at radius 2 is 1.72 bits per heavy atom. The molecule has 132 valence electrons. The minimum atomic E-state index is -0.163. The van der Waals surface area contributed by atoms with Gasteiger partial charge in [0.05, 0.1) is 0 Å². The molecule has 0 N–H and O–H groups in total. The van der Waals surface area contributed by atoms with Crippen molar-refractivity contribution in [3.63, 3.8) is 0 Å². The third-order valence-electron chi connectivity index (χ3n) is 5.61. The van der Waals surface area contributed by atoms with Gasteiger partial charge in [0, 0.05) is 11.1 Å². The molecule has 2 aromatic carbocycles. The van der Waals surface area contributed by atoms with Crippen LogP contribution in [0.2, 0.25) is 0 Å². The zero-order valence-electron chi connectivity index (χ0n) is 15.2. The van der Waals surface area contributed by atoms with Crippen molar-refractivity contribution in [3.8, 4) is 11.1 Å². The molecule has 2 heteroatoms. The van der Waals surface area contributed by atoms with Crippen molar-refractivity contribution >= 4 is 5.78 Å². The summed E-state index contributed by atoms with van der Waals surface area (Å²) in [5.74, 6) is 1.23. The summed E-state index contributed by atoms with van der Waals surface area (Å²) in [6.07, 6.45) is 7.49. The molecule has 3 rings (SSSR count). The predicted octanol–water partition coefficient (Wildman–Crippen LogP) is 6.77. The van der Waals surface area contributed by atoms with Crippen molar-refractivity contribution in [2.45, 2.75) is 58.3 Å². The minimum Gasteiger partial charge on any atom is -0.295 e. The Morgan fingerprint density at radius 1 is 1.04 bits per heavy atom. The number of Topliss-reactive ketones (excluding diaryl/α,β-unsaturated/α-hetero) is 1. The van der Waals surface area contributed by atoms with Crippen molar-refractivity contribution in [2.75, 3.05) is 0 Å². The molecule has 1 aliphatic rings. The minimum absolute atomic E-state index is 0.0287. The number of rotatable bonds is 5. The molecular formula is C23H27FO. The van der Waals surface area contributed by atoms with Gasteiger partial charge in [-0.2, -0.15) is 0 Å². The van der Waals surface area contributed by atoms with Gasteiger partial charge in [-0.1, -0.05) is 56.2 Å². The van der Waals surface area contributed by atoms with Crippen molar-refractivity contribution in [1.82, 2.24) is 0 Å².